The van der Waals surface area contributed by atoms with Gasteiger partial charge in [0.05, 0.1) is 61.2 Å². The lowest BCUT2D eigenvalue weighted by Crippen LogP contribution is -2.46. The third kappa shape index (κ3) is 3.18. The van der Waals surface area contributed by atoms with E-state index in [1.165, 1.54) is 12.1 Å². The molecule has 0 aliphatic carbocycles. The van der Waals surface area contributed by atoms with Crippen molar-refractivity contribution in [2.75, 3.05) is 24.7 Å². The van der Waals surface area contributed by atoms with Crippen LogP contribution in [0.1, 0.15) is 18.2 Å². The number of anilines is 1. The Hall–Kier alpha value is -2.45. The quantitative estimate of drug-likeness (QED) is 0.746. The van der Waals surface area contributed by atoms with E-state index in [1.807, 2.05) is 11.6 Å². The van der Waals surface area contributed by atoms with Gasteiger partial charge < -0.3 is 14.5 Å². The molecule has 3 atom stereocenters. The summed E-state index contributed by atoms with van der Waals surface area (Å²) in [6, 6.07) is 4.29. The molecule has 30 heavy (non-hydrogen) atoms. The molecule has 0 saturated carbocycles. The molecule has 1 aromatic carbocycles. The second-order valence-corrected chi connectivity index (χ2v) is 8.71. The van der Waals surface area contributed by atoms with E-state index in [9.17, 15) is 14.0 Å². The van der Waals surface area contributed by atoms with Gasteiger partial charge in [-0.3, -0.25) is 14.3 Å². The van der Waals surface area contributed by atoms with Crippen LogP contribution >= 0.6 is 11.6 Å². The maximum atomic E-state index is 13.4. The fraction of sp³-hybridized carbons (Fsp3) is 0.476. The average molecular weight is 433 g/mol. The minimum atomic E-state index is -0.502. The molecule has 3 aliphatic heterocycles. The summed E-state index contributed by atoms with van der Waals surface area (Å²) in [5.74, 6) is -0.355. The van der Waals surface area contributed by atoms with Crippen LogP contribution < -0.4 is 4.90 Å². The predicted molar refractivity (Wildman–Crippen MR) is 108 cm³/mol. The highest BCUT2D eigenvalue weighted by atomic mass is 35.5. The molecule has 7 nitrogen and oxygen atoms in total. The summed E-state index contributed by atoms with van der Waals surface area (Å²) in [4.78, 5) is 29.5. The summed E-state index contributed by atoms with van der Waals surface area (Å²) in [5.41, 5.74) is 2.32. The highest BCUT2D eigenvalue weighted by molar-refractivity contribution is 6.30. The van der Waals surface area contributed by atoms with Crippen molar-refractivity contribution in [3.05, 3.63) is 46.5 Å². The normalized spacial score (nSPS) is 25.6. The first kappa shape index (κ1) is 19.5. The average Bonchev–Trinajstić information content (AvgIpc) is 3.40. The van der Waals surface area contributed by atoms with Gasteiger partial charge in [0.2, 0.25) is 11.8 Å². The molecule has 4 heterocycles. The van der Waals surface area contributed by atoms with Gasteiger partial charge in [0.25, 0.3) is 0 Å². The number of ether oxygens (including phenoxy) is 1. The second kappa shape index (κ2) is 7.35. The molecule has 2 fully saturated rings. The summed E-state index contributed by atoms with van der Waals surface area (Å²) in [6.07, 6.45) is 1.87. The molecule has 2 amide bonds. The van der Waals surface area contributed by atoms with E-state index >= 15 is 0 Å². The van der Waals surface area contributed by atoms with Gasteiger partial charge in [-0.1, -0.05) is 17.7 Å². The maximum Gasteiger partial charge on any atom is 0.232 e. The van der Waals surface area contributed by atoms with Crippen molar-refractivity contribution in [2.24, 2.45) is 11.8 Å². The Balaban J connectivity index is 1.36. The van der Waals surface area contributed by atoms with Gasteiger partial charge in [0.15, 0.2) is 0 Å². The van der Waals surface area contributed by atoms with Gasteiger partial charge in [-0.15, -0.1) is 0 Å². The van der Waals surface area contributed by atoms with Crippen molar-refractivity contribution >= 4 is 29.1 Å². The molecule has 2 unspecified atom stereocenters. The van der Waals surface area contributed by atoms with Crippen molar-refractivity contribution in [1.82, 2.24) is 14.7 Å². The smallest absolute Gasteiger partial charge is 0.232 e. The van der Waals surface area contributed by atoms with E-state index in [0.717, 1.165) is 11.4 Å². The molecule has 0 spiro atoms. The molecular weight excluding hydrogens is 411 g/mol. The summed E-state index contributed by atoms with van der Waals surface area (Å²) in [7, 11) is 0. The predicted octanol–water partition coefficient (Wildman–Crippen LogP) is 2.26. The number of amides is 2. The number of fused-ring (bicyclic) bond motifs is 2. The van der Waals surface area contributed by atoms with Gasteiger partial charge in [-0.05, 0) is 24.6 Å². The zero-order valence-electron chi connectivity index (χ0n) is 16.6. The molecule has 3 aliphatic rings. The molecule has 0 radical (unpaired) electrons. The Kier molecular flexibility index (Phi) is 4.78. The first-order valence-corrected chi connectivity index (χ1v) is 10.5. The van der Waals surface area contributed by atoms with E-state index in [4.69, 9.17) is 16.3 Å². The first-order chi connectivity index (χ1) is 14.4. The molecule has 5 rings (SSSR count). The summed E-state index contributed by atoms with van der Waals surface area (Å²) in [6.45, 7) is 4.62. The topological polar surface area (TPSA) is 67.7 Å². The SMILES string of the molecule is C[C@H]1Cn2ncc(N3CC4COCC4C3=O)c2CN1C(=O)Cc1ccc(F)c(Cl)c1. The van der Waals surface area contributed by atoms with Crippen LogP contribution in [0.25, 0.3) is 0 Å². The molecule has 2 saturated heterocycles. The van der Waals surface area contributed by atoms with E-state index in [1.54, 1.807) is 22.1 Å². The number of carbonyl (C=O) groups is 2. The molecular formula is C21H22ClFN4O3. The van der Waals surface area contributed by atoms with E-state index in [-0.39, 0.29) is 41.1 Å². The number of rotatable bonds is 3. The zero-order valence-corrected chi connectivity index (χ0v) is 17.3. The number of halogens is 2. The molecule has 9 heteroatoms. The monoisotopic (exact) mass is 432 g/mol. The van der Waals surface area contributed by atoms with Gasteiger partial charge in [-0.25, -0.2) is 4.39 Å². The Morgan fingerprint density at radius 3 is 2.93 bits per heavy atom. The van der Waals surface area contributed by atoms with Crippen LogP contribution in [0.4, 0.5) is 10.1 Å². The van der Waals surface area contributed by atoms with Crippen molar-refractivity contribution in [1.29, 1.82) is 0 Å². The Morgan fingerprint density at radius 2 is 2.17 bits per heavy atom. The van der Waals surface area contributed by atoms with Gasteiger partial charge in [-0.2, -0.15) is 5.10 Å². The lowest BCUT2D eigenvalue weighted by Gasteiger charge is -2.35. The highest BCUT2D eigenvalue weighted by Crippen LogP contribution is 2.36. The fourth-order valence-electron chi connectivity index (χ4n) is 4.67. The molecule has 158 valence electrons. The van der Waals surface area contributed by atoms with Gasteiger partial charge in [0, 0.05) is 18.5 Å². The number of hydrogen-bond donors (Lipinski definition) is 0. The van der Waals surface area contributed by atoms with Crippen molar-refractivity contribution in [2.45, 2.75) is 32.5 Å². The largest absolute Gasteiger partial charge is 0.380 e. The van der Waals surface area contributed by atoms with Gasteiger partial charge >= 0.3 is 0 Å². The fourth-order valence-corrected chi connectivity index (χ4v) is 4.87. The Morgan fingerprint density at radius 1 is 1.33 bits per heavy atom. The summed E-state index contributed by atoms with van der Waals surface area (Å²) in [5, 5.41) is 4.48. The third-order valence-corrected chi connectivity index (χ3v) is 6.65. The molecule has 0 bridgehead atoms. The van der Waals surface area contributed by atoms with Crippen molar-refractivity contribution in [3.63, 3.8) is 0 Å². The third-order valence-electron chi connectivity index (χ3n) is 6.37. The number of carbonyl (C=O) groups excluding carboxylic acids is 2. The van der Waals surface area contributed by atoms with Crippen LogP contribution in [0.15, 0.2) is 24.4 Å². The highest BCUT2D eigenvalue weighted by Gasteiger charge is 2.46. The second-order valence-electron chi connectivity index (χ2n) is 8.31. The number of aromatic nitrogens is 2. The van der Waals surface area contributed by atoms with E-state index in [0.29, 0.717) is 38.4 Å². The van der Waals surface area contributed by atoms with Crippen LogP contribution in [0.5, 0.6) is 0 Å². The molecule has 0 N–H and O–H groups in total. The number of benzene rings is 1. The van der Waals surface area contributed by atoms with Crippen LogP contribution in [0.3, 0.4) is 0 Å². The van der Waals surface area contributed by atoms with Crippen molar-refractivity contribution < 1.29 is 18.7 Å². The van der Waals surface area contributed by atoms with Crippen LogP contribution in [-0.2, 0) is 33.8 Å². The van der Waals surface area contributed by atoms with Crippen LogP contribution in [0.2, 0.25) is 5.02 Å². The van der Waals surface area contributed by atoms with Crippen LogP contribution in [-0.4, -0.2) is 52.3 Å². The number of nitrogens with zero attached hydrogens (tertiary/aromatic N) is 4. The Bertz CT molecular complexity index is 1030. The summed E-state index contributed by atoms with van der Waals surface area (Å²) >= 11 is 5.85. The number of hydrogen-bond acceptors (Lipinski definition) is 4. The van der Waals surface area contributed by atoms with Crippen molar-refractivity contribution in [3.8, 4) is 0 Å². The Labute approximate surface area is 178 Å². The molecule has 2 aromatic rings. The minimum Gasteiger partial charge on any atom is -0.380 e. The molecule has 1 aromatic heterocycles. The van der Waals surface area contributed by atoms with E-state index in [2.05, 4.69) is 5.10 Å². The minimum absolute atomic E-state index is 0.00873. The van der Waals surface area contributed by atoms with E-state index < -0.39 is 5.82 Å². The summed E-state index contributed by atoms with van der Waals surface area (Å²) < 4.78 is 20.7. The maximum absolute atomic E-state index is 13.4. The standard InChI is InChI=1S/C21H22ClFN4O3/c1-12-7-27-19(9-25(12)20(28)5-13-2-3-17(23)16(22)4-13)18(6-24-27)26-8-14-10-30-11-15(14)21(26)29/h2-4,6,12,14-15H,5,7-11H2,1H3/t12-,14?,15?/m0/s1. The van der Waals surface area contributed by atoms with Crippen LogP contribution in [0, 0.1) is 17.7 Å². The lowest BCUT2D eigenvalue weighted by molar-refractivity contribution is -0.134. The van der Waals surface area contributed by atoms with Gasteiger partial charge in [0.1, 0.15) is 5.82 Å². The lowest BCUT2D eigenvalue weighted by atomic mass is 10.0. The first-order valence-electron chi connectivity index (χ1n) is 10.1. The zero-order chi connectivity index (χ0) is 21.0.